The summed E-state index contributed by atoms with van der Waals surface area (Å²) in [5.74, 6) is -0.544. The SMILES string of the molecule is CS(=O)(=O)CC[C@@H]1NC(=O)N(Cc2ccc(Cl)cc2)C1=O. The number of hydrogen-bond acceptors (Lipinski definition) is 4. The summed E-state index contributed by atoms with van der Waals surface area (Å²) >= 11 is 5.78. The summed E-state index contributed by atoms with van der Waals surface area (Å²) in [6.45, 7) is 0.136. The molecule has 1 saturated heterocycles. The van der Waals surface area contributed by atoms with Crippen molar-refractivity contribution in [1.29, 1.82) is 0 Å². The zero-order valence-corrected chi connectivity index (χ0v) is 12.9. The number of halogens is 1. The van der Waals surface area contributed by atoms with Crippen molar-refractivity contribution in [3.05, 3.63) is 34.9 Å². The van der Waals surface area contributed by atoms with E-state index in [1.54, 1.807) is 24.3 Å². The van der Waals surface area contributed by atoms with Gasteiger partial charge in [0, 0.05) is 11.3 Å². The van der Waals surface area contributed by atoms with E-state index in [9.17, 15) is 18.0 Å². The van der Waals surface area contributed by atoms with E-state index < -0.39 is 27.8 Å². The van der Waals surface area contributed by atoms with Crippen molar-refractivity contribution in [2.75, 3.05) is 12.0 Å². The molecule has 3 amide bonds. The van der Waals surface area contributed by atoms with Gasteiger partial charge in [-0.3, -0.25) is 9.69 Å². The first-order valence-corrected chi connectivity index (χ1v) is 8.74. The number of rotatable bonds is 5. The summed E-state index contributed by atoms with van der Waals surface area (Å²) in [5.41, 5.74) is 0.770. The van der Waals surface area contributed by atoms with E-state index in [0.717, 1.165) is 16.7 Å². The molecule has 0 spiro atoms. The standard InChI is InChI=1S/C13H15ClN2O4S/c1-21(19,20)7-6-11-12(17)16(13(18)15-11)8-9-2-4-10(14)5-3-9/h2-5,11H,6-8H2,1H3,(H,15,18)/t11-/m0/s1. The lowest BCUT2D eigenvalue weighted by Crippen LogP contribution is -2.32. The highest BCUT2D eigenvalue weighted by atomic mass is 35.5. The number of nitrogens with one attached hydrogen (secondary N) is 1. The van der Waals surface area contributed by atoms with Gasteiger partial charge in [-0.25, -0.2) is 13.2 Å². The molecule has 0 aliphatic carbocycles. The van der Waals surface area contributed by atoms with E-state index in [4.69, 9.17) is 11.6 Å². The van der Waals surface area contributed by atoms with Gasteiger partial charge in [-0.05, 0) is 24.1 Å². The molecule has 1 fully saturated rings. The van der Waals surface area contributed by atoms with Crippen LogP contribution >= 0.6 is 11.6 Å². The van der Waals surface area contributed by atoms with Crippen LogP contribution in [0.2, 0.25) is 5.02 Å². The van der Waals surface area contributed by atoms with Gasteiger partial charge in [0.25, 0.3) is 5.91 Å². The van der Waals surface area contributed by atoms with Gasteiger partial charge in [0.05, 0.1) is 12.3 Å². The molecule has 1 heterocycles. The average Bonchev–Trinajstić information content (AvgIpc) is 2.66. The quantitative estimate of drug-likeness (QED) is 0.822. The molecular formula is C13H15ClN2O4S. The largest absolute Gasteiger partial charge is 0.326 e. The average molecular weight is 331 g/mol. The third-order valence-electron chi connectivity index (χ3n) is 3.14. The molecule has 1 N–H and O–H groups in total. The fourth-order valence-corrected chi connectivity index (χ4v) is 2.82. The Morgan fingerprint density at radius 1 is 1.24 bits per heavy atom. The number of hydrogen-bond donors (Lipinski definition) is 1. The fraction of sp³-hybridized carbons (Fsp3) is 0.385. The van der Waals surface area contributed by atoms with Crippen molar-refractivity contribution in [3.8, 4) is 0 Å². The Labute approximate surface area is 128 Å². The van der Waals surface area contributed by atoms with Gasteiger partial charge in [0.2, 0.25) is 0 Å². The van der Waals surface area contributed by atoms with Gasteiger partial charge < -0.3 is 5.32 Å². The Morgan fingerprint density at radius 2 is 1.86 bits per heavy atom. The zero-order valence-electron chi connectivity index (χ0n) is 11.4. The highest BCUT2D eigenvalue weighted by Crippen LogP contribution is 2.16. The second-order valence-electron chi connectivity index (χ2n) is 4.97. The van der Waals surface area contributed by atoms with Crippen LogP contribution in [0.5, 0.6) is 0 Å². The smallest absolute Gasteiger partial charge is 0.325 e. The number of sulfone groups is 1. The predicted octanol–water partition coefficient (Wildman–Crippen LogP) is 1.20. The van der Waals surface area contributed by atoms with Gasteiger partial charge in [-0.15, -0.1) is 0 Å². The summed E-state index contributed by atoms with van der Waals surface area (Å²) in [6.07, 6.45) is 1.18. The van der Waals surface area contributed by atoms with Crippen molar-refractivity contribution in [2.24, 2.45) is 0 Å². The molecule has 0 saturated carbocycles. The van der Waals surface area contributed by atoms with Crippen LogP contribution in [0.4, 0.5) is 4.79 Å². The van der Waals surface area contributed by atoms with Crippen LogP contribution in [0.3, 0.4) is 0 Å². The summed E-state index contributed by atoms with van der Waals surface area (Å²) in [4.78, 5) is 25.0. The zero-order chi connectivity index (χ0) is 15.6. The Kier molecular flexibility index (Phi) is 4.53. The molecule has 1 aromatic carbocycles. The van der Waals surface area contributed by atoms with E-state index in [-0.39, 0.29) is 18.7 Å². The van der Waals surface area contributed by atoms with Crippen LogP contribution < -0.4 is 5.32 Å². The highest BCUT2D eigenvalue weighted by molar-refractivity contribution is 7.90. The first-order chi connectivity index (χ1) is 9.76. The number of amides is 3. The van der Waals surface area contributed by atoms with Gasteiger partial charge in [0.15, 0.2) is 0 Å². The van der Waals surface area contributed by atoms with Crippen LogP contribution in [0.1, 0.15) is 12.0 Å². The maximum absolute atomic E-state index is 12.1. The van der Waals surface area contributed by atoms with Crippen LogP contribution in [0, 0.1) is 0 Å². The lowest BCUT2D eigenvalue weighted by Gasteiger charge is -2.13. The van der Waals surface area contributed by atoms with Gasteiger partial charge in [-0.1, -0.05) is 23.7 Å². The van der Waals surface area contributed by atoms with Crippen molar-refractivity contribution in [2.45, 2.75) is 19.0 Å². The van der Waals surface area contributed by atoms with Crippen molar-refractivity contribution >= 4 is 33.4 Å². The third kappa shape index (κ3) is 4.18. The van der Waals surface area contributed by atoms with Crippen molar-refractivity contribution < 1.29 is 18.0 Å². The Morgan fingerprint density at radius 3 is 2.43 bits per heavy atom. The minimum atomic E-state index is -3.17. The number of nitrogens with zero attached hydrogens (tertiary/aromatic N) is 1. The van der Waals surface area contributed by atoms with Crippen molar-refractivity contribution in [3.63, 3.8) is 0 Å². The second-order valence-corrected chi connectivity index (χ2v) is 7.67. The van der Waals surface area contributed by atoms with E-state index in [0.29, 0.717) is 5.02 Å². The highest BCUT2D eigenvalue weighted by Gasteiger charge is 2.37. The van der Waals surface area contributed by atoms with Crippen LogP contribution in [-0.4, -0.2) is 43.3 Å². The van der Waals surface area contributed by atoms with E-state index in [1.165, 1.54) is 0 Å². The van der Waals surface area contributed by atoms with Gasteiger partial charge in [0.1, 0.15) is 15.9 Å². The molecule has 6 nitrogen and oxygen atoms in total. The topological polar surface area (TPSA) is 83.6 Å². The number of benzene rings is 1. The molecular weight excluding hydrogens is 316 g/mol. The molecule has 1 atom stereocenters. The summed E-state index contributed by atoms with van der Waals surface area (Å²) in [6, 6.07) is 5.53. The first-order valence-electron chi connectivity index (χ1n) is 6.30. The maximum Gasteiger partial charge on any atom is 0.325 e. The number of imide groups is 1. The van der Waals surface area contributed by atoms with Gasteiger partial charge in [-0.2, -0.15) is 0 Å². The molecule has 1 aromatic rings. The number of carbonyl (C=O) groups excluding carboxylic acids is 2. The molecule has 0 radical (unpaired) electrons. The Balaban J connectivity index is 2.03. The molecule has 0 aromatic heterocycles. The summed E-state index contributed by atoms with van der Waals surface area (Å²) in [5, 5.41) is 3.08. The van der Waals surface area contributed by atoms with E-state index >= 15 is 0 Å². The minimum Gasteiger partial charge on any atom is -0.326 e. The Bertz CT molecular complexity index is 657. The molecule has 114 valence electrons. The van der Waals surface area contributed by atoms with Gasteiger partial charge >= 0.3 is 6.03 Å². The molecule has 8 heteroatoms. The molecule has 21 heavy (non-hydrogen) atoms. The molecule has 0 unspecified atom stereocenters. The molecule has 1 aliphatic heterocycles. The van der Waals surface area contributed by atoms with E-state index in [1.807, 2.05) is 0 Å². The van der Waals surface area contributed by atoms with Crippen LogP contribution in [0.15, 0.2) is 24.3 Å². The number of urea groups is 1. The normalized spacial score (nSPS) is 19.0. The fourth-order valence-electron chi connectivity index (χ4n) is 2.03. The van der Waals surface area contributed by atoms with Crippen LogP contribution in [0.25, 0.3) is 0 Å². The van der Waals surface area contributed by atoms with Crippen LogP contribution in [-0.2, 0) is 21.2 Å². The minimum absolute atomic E-state index is 0.0839. The third-order valence-corrected chi connectivity index (χ3v) is 4.37. The van der Waals surface area contributed by atoms with E-state index in [2.05, 4.69) is 5.32 Å². The molecule has 2 rings (SSSR count). The Hall–Kier alpha value is -1.60. The number of carbonyl (C=O) groups is 2. The lowest BCUT2D eigenvalue weighted by molar-refractivity contribution is -0.127. The first kappa shape index (κ1) is 15.8. The predicted molar refractivity (Wildman–Crippen MR) is 78.6 cm³/mol. The summed E-state index contributed by atoms with van der Waals surface area (Å²) < 4.78 is 22.3. The summed E-state index contributed by atoms with van der Waals surface area (Å²) in [7, 11) is -3.17. The lowest BCUT2D eigenvalue weighted by atomic mass is 10.2. The molecule has 1 aliphatic rings. The maximum atomic E-state index is 12.1. The van der Waals surface area contributed by atoms with Crippen molar-refractivity contribution in [1.82, 2.24) is 10.2 Å². The second kappa shape index (κ2) is 6.03. The molecule has 0 bridgehead atoms. The monoisotopic (exact) mass is 330 g/mol.